The maximum absolute atomic E-state index is 11.8. The second kappa shape index (κ2) is 5.88. The van der Waals surface area contributed by atoms with Gasteiger partial charge in [-0.15, -0.1) is 0 Å². The van der Waals surface area contributed by atoms with Gasteiger partial charge in [-0.05, 0) is 19.4 Å². The van der Waals surface area contributed by atoms with Crippen molar-refractivity contribution in [1.29, 1.82) is 0 Å². The lowest BCUT2D eigenvalue weighted by atomic mass is 10.2. The third-order valence-electron chi connectivity index (χ3n) is 3.55. The van der Waals surface area contributed by atoms with Gasteiger partial charge in [-0.3, -0.25) is 0 Å². The van der Waals surface area contributed by atoms with Gasteiger partial charge in [-0.2, -0.15) is 0 Å². The molecule has 1 aromatic rings. The summed E-state index contributed by atoms with van der Waals surface area (Å²) in [5.41, 5.74) is 6.45. The first-order valence-corrected chi connectivity index (χ1v) is 8.52. The standard InChI is InChI=1S/C13H19N3O4S/c1-3-20-13(17)10-4-6-15-12(11(10)14)16(2)9-5-7-21(18,19)8-9/h4,6,9H,3,5,7-8,14H2,1-2H3. The highest BCUT2D eigenvalue weighted by Crippen LogP contribution is 2.28. The number of ether oxygens (including phenoxy) is 1. The number of nitrogens with two attached hydrogens (primary N) is 1. The lowest BCUT2D eigenvalue weighted by Gasteiger charge is -2.26. The molecule has 0 spiro atoms. The van der Waals surface area contributed by atoms with Crippen LogP contribution in [0, 0.1) is 0 Å². The SMILES string of the molecule is CCOC(=O)c1ccnc(N(C)C2CCS(=O)(=O)C2)c1N. The average Bonchev–Trinajstić information content (AvgIpc) is 2.79. The van der Waals surface area contributed by atoms with E-state index in [0.717, 1.165) is 0 Å². The van der Waals surface area contributed by atoms with E-state index in [0.29, 0.717) is 12.2 Å². The zero-order chi connectivity index (χ0) is 15.6. The van der Waals surface area contributed by atoms with Gasteiger partial charge in [0.05, 0.1) is 29.4 Å². The van der Waals surface area contributed by atoms with Crippen LogP contribution in [0.4, 0.5) is 11.5 Å². The largest absolute Gasteiger partial charge is 0.462 e. The molecule has 2 N–H and O–H groups in total. The fraction of sp³-hybridized carbons (Fsp3) is 0.538. The second-order valence-electron chi connectivity index (χ2n) is 4.98. The zero-order valence-electron chi connectivity index (χ0n) is 12.1. The van der Waals surface area contributed by atoms with Crippen LogP contribution >= 0.6 is 0 Å². The number of hydrogen-bond acceptors (Lipinski definition) is 7. The number of nitrogen functional groups attached to an aromatic ring is 1. The summed E-state index contributed by atoms with van der Waals surface area (Å²) >= 11 is 0. The van der Waals surface area contributed by atoms with Gasteiger partial charge in [-0.1, -0.05) is 0 Å². The predicted octanol–water partition coefficient (Wildman–Crippen LogP) is 0.464. The first-order valence-electron chi connectivity index (χ1n) is 6.70. The molecule has 1 aliphatic rings. The predicted molar refractivity (Wildman–Crippen MR) is 80.1 cm³/mol. The topological polar surface area (TPSA) is 103 Å². The Bertz CT molecular complexity index is 645. The molecule has 1 saturated heterocycles. The molecule has 0 amide bonds. The molecule has 2 rings (SSSR count). The number of carbonyl (C=O) groups excluding carboxylic acids is 1. The van der Waals surface area contributed by atoms with Gasteiger partial charge in [0.25, 0.3) is 0 Å². The fourth-order valence-electron chi connectivity index (χ4n) is 2.38. The highest BCUT2D eigenvalue weighted by Gasteiger charge is 2.32. The quantitative estimate of drug-likeness (QED) is 0.806. The van der Waals surface area contributed by atoms with Crippen LogP contribution in [0.5, 0.6) is 0 Å². The van der Waals surface area contributed by atoms with Crippen molar-refractivity contribution in [3.05, 3.63) is 17.8 Å². The number of carbonyl (C=O) groups is 1. The van der Waals surface area contributed by atoms with E-state index < -0.39 is 15.8 Å². The van der Waals surface area contributed by atoms with Crippen LogP contribution in [-0.2, 0) is 14.6 Å². The van der Waals surface area contributed by atoms with Crippen LogP contribution in [0.3, 0.4) is 0 Å². The van der Waals surface area contributed by atoms with Gasteiger partial charge in [-0.25, -0.2) is 18.2 Å². The van der Waals surface area contributed by atoms with Gasteiger partial charge in [0, 0.05) is 19.3 Å². The van der Waals surface area contributed by atoms with E-state index in [-0.39, 0.29) is 35.4 Å². The summed E-state index contributed by atoms with van der Waals surface area (Å²) in [6, 6.07) is 1.32. The Kier molecular flexibility index (Phi) is 4.36. The molecule has 21 heavy (non-hydrogen) atoms. The number of sulfone groups is 1. The van der Waals surface area contributed by atoms with Crippen molar-refractivity contribution >= 4 is 27.3 Å². The maximum Gasteiger partial charge on any atom is 0.340 e. The van der Waals surface area contributed by atoms with Gasteiger partial charge < -0.3 is 15.4 Å². The number of rotatable bonds is 4. The van der Waals surface area contributed by atoms with Gasteiger partial charge in [0.1, 0.15) is 0 Å². The molecule has 2 heterocycles. The first kappa shape index (κ1) is 15.6. The summed E-state index contributed by atoms with van der Waals surface area (Å²) in [7, 11) is -1.26. The minimum Gasteiger partial charge on any atom is -0.462 e. The Hall–Kier alpha value is -1.83. The summed E-state index contributed by atoms with van der Waals surface area (Å²) < 4.78 is 28.1. The Morgan fingerprint density at radius 2 is 2.29 bits per heavy atom. The molecular formula is C13H19N3O4S. The highest BCUT2D eigenvalue weighted by atomic mass is 32.2. The van der Waals surface area contributed by atoms with Gasteiger partial charge in [0.2, 0.25) is 0 Å². The minimum absolute atomic E-state index is 0.0776. The molecule has 0 bridgehead atoms. The number of esters is 1. The maximum atomic E-state index is 11.8. The molecule has 0 aromatic carbocycles. The highest BCUT2D eigenvalue weighted by molar-refractivity contribution is 7.91. The molecule has 8 heteroatoms. The van der Waals surface area contributed by atoms with Gasteiger partial charge in [0.15, 0.2) is 15.7 Å². The van der Waals surface area contributed by atoms with E-state index >= 15 is 0 Å². The molecule has 0 saturated carbocycles. The van der Waals surface area contributed by atoms with E-state index in [9.17, 15) is 13.2 Å². The smallest absolute Gasteiger partial charge is 0.340 e. The van der Waals surface area contributed by atoms with Crippen LogP contribution < -0.4 is 10.6 Å². The summed E-state index contributed by atoms with van der Waals surface area (Å²) in [6.45, 7) is 1.97. The molecule has 1 atom stereocenters. The van der Waals surface area contributed by atoms with Crippen molar-refractivity contribution in [1.82, 2.24) is 4.98 Å². The van der Waals surface area contributed by atoms with Crippen molar-refractivity contribution in [3.63, 3.8) is 0 Å². The van der Waals surface area contributed by atoms with Crippen LogP contribution in [0.2, 0.25) is 0 Å². The van der Waals surface area contributed by atoms with Crippen LogP contribution in [-0.4, -0.2) is 50.6 Å². The lowest BCUT2D eigenvalue weighted by Crippen LogP contribution is -2.34. The van der Waals surface area contributed by atoms with E-state index in [4.69, 9.17) is 10.5 Å². The second-order valence-corrected chi connectivity index (χ2v) is 7.21. The molecule has 7 nitrogen and oxygen atoms in total. The van der Waals surface area contributed by atoms with Crippen LogP contribution in [0.25, 0.3) is 0 Å². The third-order valence-corrected chi connectivity index (χ3v) is 5.31. The zero-order valence-corrected chi connectivity index (χ0v) is 12.9. The average molecular weight is 313 g/mol. The third kappa shape index (κ3) is 3.26. The Morgan fingerprint density at radius 3 is 2.86 bits per heavy atom. The number of anilines is 2. The van der Waals surface area contributed by atoms with Crippen molar-refractivity contribution in [2.24, 2.45) is 0 Å². The monoisotopic (exact) mass is 313 g/mol. The molecule has 0 aliphatic carbocycles. The van der Waals surface area contributed by atoms with Crippen molar-refractivity contribution in [2.75, 3.05) is 35.8 Å². The fourth-order valence-corrected chi connectivity index (χ4v) is 4.16. The molecule has 116 valence electrons. The Morgan fingerprint density at radius 1 is 1.57 bits per heavy atom. The van der Waals surface area contributed by atoms with Crippen molar-refractivity contribution < 1.29 is 17.9 Å². The Balaban J connectivity index is 2.28. The summed E-state index contributed by atoms with van der Waals surface area (Å²) in [5, 5.41) is 0. The number of nitrogens with zero attached hydrogens (tertiary/aromatic N) is 2. The number of hydrogen-bond donors (Lipinski definition) is 1. The molecule has 1 fully saturated rings. The van der Waals surface area contributed by atoms with Crippen molar-refractivity contribution in [2.45, 2.75) is 19.4 Å². The molecular weight excluding hydrogens is 294 g/mol. The van der Waals surface area contributed by atoms with Crippen LogP contribution in [0.15, 0.2) is 12.3 Å². The van der Waals surface area contributed by atoms with E-state index in [1.165, 1.54) is 12.3 Å². The van der Waals surface area contributed by atoms with Crippen molar-refractivity contribution in [3.8, 4) is 0 Å². The van der Waals surface area contributed by atoms with E-state index in [1.54, 1.807) is 18.9 Å². The lowest BCUT2D eigenvalue weighted by molar-refractivity contribution is 0.0527. The number of pyridine rings is 1. The van der Waals surface area contributed by atoms with Crippen LogP contribution in [0.1, 0.15) is 23.7 Å². The summed E-state index contributed by atoms with van der Waals surface area (Å²) in [6.07, 6.45) is 2.00. The molecule has 1 aromatic heterocycles. The number of aromatic nitrogens is 1. The van der Waals surface area contributed by atoms with E-state index in [1.807, 2.05) is 0 Å². The molecule has 1 aliphatic heterocycles. The Labute approximate surface area is 124 Å². The minimum atomic E-state index is -3.00. The summed E-state index contributed by atoms with van der Waals surface area (Å²) in [5.74, 6) is 0.141. The van der Waals surface area contributed by atoms with Gasteiger partial charge >= 0.3 is 5.97 Å². The molecule has 1 unspecified atom stereocenters. The summed E-state index contributed by atoms with van der Waals surface area (Å²) in [4.78, 5) is 17.7. The first-order chi connectivity index (χ1) is 9.85. The normalized spacial score (nSPS) is 20.2. The molecule has 0 radical (unpaired) electrons. The van der Waals surface area contributed by atoms with E-state index in [2.05, 4.69) is 4.98 Å².